The molecule has 3 atom stereocenters. The molecule has 3 unspecified atom stereocenters. The van der Waals surface area contributed by atoms with Gasteiger partial charge in [0.25, 0.3) is 0 Å². The molecule has 0 bridgehead atoms. The van der Waals surface area contributed by atoms with Gasteiger partial charge >= 0.3 is 0 Å². The molecule has 120 valence electrons. The van der Waals surface area contributed by atoms with Gasteiger partial charge in [-0.3, -0.25) is 0 Å². The lowest BCUT2D eigenvalue weighted by Gasteiger charge is -2.35. The third-order valence-electron chi connectivity index (χ3n) is 4.87. The lowest BCUT2D eigenvalue weighted by molar-refractivity contribution is 0.0517. The summed E-state index contributed by atoms with van der Waals surface area (Å²) in [4.78, 5) is 4.69. The number of nitrogens with zero attached hydrogens (tertiary/aromatic N) is 4. The van der Waals surface area contributed by atoms with Crippen molar-refractivity contribution < 1.29 is 4.74 Å². The zero-order chi connectivity index (χ0) is 15.8. The monoisotopic (exact) mass is 310 g/mol. The van der Waals surface area contributed by atoms with Gasteiger partial charge in [0.2, 0.25) is 0 Å². The number of hydrogen-bond acceptors (Lipinski definition) is 5. The number of ether oxygens (including phenoxy) is 1. The van der Waals surface area contributed by atoms with Gasteiger partial charge in [0.05, 0.1) is 30.0 Å². The zero-order valence-electron chi connectivity index (χ0n) is 13.6. The summed E-state index contributed by atoms with van der Waals surface area (Å²) in [6, 6.07) is 10.6. The summed E-state index contributed by atoms with van der Waals surface area (Å²) >= 11 is 0. The lowest BCUT2D eigenvalue weighted by atomic mass is 9.95. The Morgan fingerprint density at radius 1 is 1.22 bits per heavy atom. The van der Waals surface area contributed by atoms with Crippen LogP contribution in [-0.4, -0.2) is 54.0 Å². The van der Waals surface area contributed by atoms with Crippen molar-refractivity contribution in [3.8, 4) is 0 Å². The van der Waals surface area contributed by atoms with Gasteiger partial charge in [-0.05, 0) is 12.5 Å². The molecule has 23 heavy (non-hydrogen) atoms. The van der Waals surface area contributed by atoms with Crippen LogP contribution in [0.15, 0.2) is 52.4 Å². The topological polar surface area (TPSA) is 40.4 Å². The minimum absolute atomic E-state index is 0.0390. The predicted octanol–water partition coefficient (Wildman–Crippen LogP) is 2.12. The fraction of sp³-hybridized carbons (Fsp3) is 0.444. The first-order valence-corrected chi connectivity index (χ1v) is 8.16. The van der Waals surface area contributed by atoms with Crippen LogP contribution in [0.5, 0.6) is 0 Å². The molecule has 5 heteroatoms. The SMILES string of the molecule is CC1=NN=CC2C(OCc3ccccc3)C3=CN(C)CCN3C12. The lowest BCUT2D eigenvalue weighted by Crippen LogP contribution is -2.44. The molecular formula is C18H22N4O. The molecule has 0 aliphatic carbocycles. The number of rotatable bonds is 3. The van der Waals surface area contributed by atoms with Crippen LogP contribution in [0, 0.1) is 5.92 Å². The van der Waals surface area contributed by atoms with E-state index in [1.807, 2.05) is 12.3 Å². The molecule has 4 rings (SSSR count). The highest BCUT2D eigenvalue weighted by Crippen LogP contribution is 2.38. The van der Waals surface area contributed by atoms with E-state index in [0.29, 0.717) is 6.61 Å². The van der Waals surface area contributed by atoms with E-state index >= 15 is 0 Å². The van der Waals surface area contributed by atoms with E-state index in [0.717, 1.165) is 18.8 Å². The average Bonchev–Trinajstić information content (AvgIpc) is 2.88. The largest absolute Gasteiger partial charge is 0.377 e. The summed E-state index contributed by atoms with van der Waals surface area (Å²) in [7, 11) is 2.12. The van der Waals surface area contributed by atoms with Gasteiger partial charge in [0.1, 0.15) is 6.10 Å². The molecule has 3 aliphatic rings. The quantitative estimate of drug-likeness (QED) is 0.858. The van der Waals surface area contributed by atoms with Crippen LogP contribution < -0.4 is 0 Å². The first-order valence-electron chi connectivity index (χ1n) is 8.16. The molecule has 0 aromatic heterocycles. The average molecular weight is 310 g/mol. The van der Waals surface area contributed by atoms with E-state index in [1.54, 1.807) is 0 Å². The van der Waals surface area contributed by atoms with E-state index < -0.39 is 0 Å². The Bertz CT molecular complexity index is 667. The summed E-state index contributed by atoms with van der Waals surface area (Å²) in [5.41, 5.74) is 3.54. The predicted molar refractivity (Wildman–Crippen MR) is 91.3 cm³/mol. The maximum atomic E-state index is 6.34. The van der Waals surface area contributed by atoms with Crippen molar-refractivity contribution in [1.82, 2.24) is 9.80 Å². The maximum Gasteiger partial charge on any atom is 0.109 e. The summed E-state index contributed by atoms with van der Waals surface area (Å²) < 4.78 is 6.34. The van der Waals surface area contributed by atoms with E-state index in [2.05, 4.69) is 64.4 Å². The van der Waals surface area contributed by atoms with E-state index in [9.17, 15) is 0 Å². The Labute approximate surface area is 136 Å². The van der Waals surface area contributed by atoms with Crippen LogP contribution in [0.3, 0.4) is 0 Å². The minimum Gasteiger partial charge on any atom is -0.377 e. The molecule has 0 N–H and O–H groups in total. The highest BCUT2D eigenvalue weighted by atomic mass is 16.5. The normalized spacial score (nSPS) is 29.0. The van der Waals surface area contributed by atoms with Crippen LogP contribution in [0.4, 0.5) is 0 Å². The smallest absolute Gasteiger partial charge is 0.109 e. The van der Waals surface area contributed by atoms with Crippen molar-refractivity contribution in [2.45, 2.75) is 25.7 Å². The Morgan fingerprint density at radius 3 is 2.87 bits per heavy atom. The van der Waals surface area contributed by atoms with E-state index in [-0.39, 0.29) is 18.1 Å². The van der Waals surface area contributed by atoms with Crippen molar-refractivity contribution in [1.29, 1.82) is 0 Å². The van der Waals surface area contributed by atoms with Gasteiger partial charge in [0.15, 0.2) is 0 Å². The Balaban J connectivity index is 1.61. The fourth-order valence-electron chi connectivity index (χ4n) is 3.75. The Hall–Kier alpha value is -2.14. The van der Waals surface area contributed by atoms with Crippen LogP contribution in [-0.2, 0) is 11.3 Å². The maximum absolute atomic E-state index is 6.34. The highest BCUT2D eigenvalue weighted by molar-refractivity contribution is 5.94. The molecule has 0 saturated carbocycles. The van der Waals surface area contributed by atoms with Crippen LogP contribution >= 0.6 is 0 Å². The molecule has 1 aromatic carbocycles. The minimum atomic E-state index is 0.0390. The molecule has 0 radical (unpaired) electrons. The molecule has 1 saturated heterocycles. The second kappa shape index (κ2) is 5.81. The number of benzene rings is 1. The van der Waals surface area contributed by atoms with Crippen molar-refractivity contribution in [3.63, 3.8) is 0 Å². The van der Waals surface area contributed by atoms with Gasteiger partial charge in [0, 0.05) is 32.6 Å². The van der Waals surface area contributed by atoms with Gasteiger partial charge in [-0.2, -0.15) is 10.2 Å². The third-order valence-corrected chi connectivity index (χ3v) is 4.87. The van der Waals surface area contributed by atoms with Crippen molar-refractivity contribution in [3.05, 3.63) is 47.8 Å². The van der Waals surface area contributed by atoms with Crippen molar-refractivity contribution >= 4 is 11.9 Å². The number of likely N-dealkylation sites (N-methyl/N-ethyl adjacent to an activating group) is 1. The molecule has 0 amide bonds. The Kier molecular flexibility index (Phi) is 3.65. The Morgan fingerprint density at radius 2 is 2.04 bits per heavy atom. The van der Waals surface area contributed by atoms with Crippen LogP contribution in [0.25, 0.3) is 0 Å². The van der Waals surface area contributed by atoms with Gasteiger partial charge < -0.3 is 14.5 Å². The van der Waals surface area contributed by atoms with Gasteiger partial charge in [-0.1, -0.05) is 30.3 Å². The summed E-state index contributed by atoms with van der Waals surface area (Å²) in [5, 5.41) is 8.48. The molecule has 3 aliphatic heterocycles. The standard InChI is InChI=1S/C18H22N4O/c1-13-17-15(10-19-20-13)18(16-11-21(2)8-9-22(16)17)23-12-14-6-4-3-5-7-14/h3-7,10-11,15,17-18H,8-9,12H2,1-2H3. The van der Waals surface area contributed by atoms with E-state index in [1.165, 1.54) is 11.3 Å². The van der Waals surface area contributed by atoms with Gasteiger partial charge in [-0.25, -0.2) is 0 Å². The zero-order valence-corrected chi connectivity index (χ0v) is 13.6. The first kappa shape index (κ1) is 14.5. The summed E-state index contributed by atoms with van der Waals surface area (Å²) in [6.07, 6.45) is 4.22. The first-order chi connectivity index (χ1) is 11.2. The summed E-state index contributed by atoms with van der Waals surface area (Å²) in [5.74, 6) is 0.244. The van der Waals surface area contributed by atoms with E-state index in [4.69, 9.17) is 4.74 Å². The van der Waals surface area contributed by atoms with Gasteiger partial charge in [-0.15, -0.1) is 0 Å². The molecule has 3 heterocycles. The molecule has 5 nitrogen and oxygen atoms in total. The third kappa shape index (κ3) is 2.55. The van der Waals surface area contributed by atoms with Crippen LogP contribution in [0.2, 0.25) is 0 Å². The molecule has 0 spiro atoms. The van der Waals surface area contributed by atoms with Crippen molar-refractivity contribution in [2.24, 2.45) is 16.1 Å². The fourth-order valence-corrected chi connectivity index (χ4v) is 3.75. The summed E-state index contributed by atoms with van der Waals surface area (Å²) in [6.45, 7) is 4.73. The second-order valence-electron chi connectivity index (χ2n) is 6.47. The number of fused-ring (bicyclic) bond motifs is 3. The second-order valence-corrected chi connectivity index (χ2v) is 6.47. The van der Waals surface area contributed by atoms with Crippen molar-refractivity contribution in [2.75, 3.05) is 20.1 Å². The van der Waals surface area contributed by atoms with Crippen LogP contribution in [0.1, 0.15) is 12.5 Å². The molecule has 1 aromatic rings. The molecular weight excluding hydrogens is 288 g/mol. The number of hydrogen-bond donors (Lipinski definition) is 0. The highest BCUT2D eigenvalue weighted by Gasteiger charge is 2.48. The molecule has 1 fully saturated rings.